The average molecular weight is 843 g/mol. The van der Waals surface area contributed by atoms with Gasteiger partial charge in [0.15, 0.2) is 0 Å². The molecule has 2 unspecified atom stereocenters. The van der Waals surface area contributed by atoms with E-state index in [2.05, 4.69) is 0 Å². The second-order valence-corrected chi connectivity index (χ2v) is 16.5. The highest BCUT2D eigenvalue weighted by molar-refractivity contribution is 5.70. The van der Waals surface area contributed by atoms with Crippen molar-refractivity contribution in [1.82, 2.24) is 0 Å². The fraction of sp³-hybridized carbons (Fsp3) is 0.250. The van der Waals surface area contributed by atoms with E-state index >= 15 is 0 Å². The van der Waals surface area contributed by atoms with Crippen LogP contribution in [0, 0.1) is 0 Å². The van der Waals surface area contributed by atoms with Crippen LogP contribution in [0.5, 0.6) is 51.7 Å². The topological polar surface area (TPSA) is 250 Å². The molecule has 6 aromatic carbocycles. The lowest BCUT2D eigenvalue weighted by Crippen LogP contribution is -2.60. The molecule has 4 aliphatic rings. The van der Waals surface area contributed by atoms with E-state index in [1.54, 1.807) is 54.6 Å². The molecule has 1 fully saturated rings. The normalized spacial score (nSPS) is 28.1. The van der Waals surface area contributed by atoms with Crippen LogP contribution in [-0.4, -0.2) is 93.5 Å². The lowest BCUT2D eigenvalue weighted by atomic mass is 9.63. The standard InChI is InChI=1S/C48H42O14/c49-19-35-44(57)45(58)46(59)48(62-35)61-34-18-28(55)14-30-39(34)37(21-3-9-24(51)10-4-21)42-31-15-27(54)17-33-40(31)43(47(60-33)22-5-11-25(52)12-6-22)29-13-26(53)16-32(56)38(29)36(41(30)42)20-1-7-23(50)8-2-20/h1-18,35-37,41-59H,19H2/t35-,36?,37-,41-,42-,43+,44-,45+,46-,47?,48-/m1/s1. The summed E-state index contributed by atoms with van der Waals surface area (Å²) in [6.45, 7) is -0.715. The Balaban J connectivity index is 1.30. The summed E-state index contributed by atoms with van der Waals surface area (Å²) in [7, 11) is 0. The van der Waals surface area contributed by atoms with Gasteiger partial charge in [0.05, 0.1) is 12.5 Å². The van der Waals surface area contributed by atoms with Crippen LogP contribution < -0.4 is 9.47 Å². The summed E-state index contributed by atoms with van der Waals surface area (Å²) >= 11 is 0. The summed E-state index contributed by atoms with van der Waals surface area (Å²) in [4.78, 5) is 0. The van der Waals surface area contributed by atoms with Crippen LogP contribution in [0.15, 0.2) is 109 Å². The number of phenols is 7. The Bertz CT molecular complexity index is 2680. The third-order valence-electron chi connectivity index (χ3n) is 13.0. The summed E-state index contributed by atoms with van der Waals surface area (Å²) in [6, 6.07) is 28.3. The molecular weight excluding hydrogens is 801 g/mol. The second kappa shape index (κ2) is 14.8. The Hall–Kier alpha value is -6.68. The van der Waals surface area contributed by atoms with E-state index in [-0.39, 0.29) is 46.0 Å². The van der Waals surface area contributed by atoms with Crippen LogP contribution >= 0.6 is 0 Å². The molecule has 318 valence electrons. The quantitative estimate of drug-likeness (QED) is 0.103. The van der Waals surface area contributed by atoms with Crippen LogP contribution in [-0.2, 0) is 4.74 Å². The fourth-order valence-electron chi connectivity index (χ4n) is 10.4. The highest BCUT2D eigenvalue weighted by Gasteiger charge is 2.55. The van der Waals surface area contributed by atoms with Crippen LogP contribution in [0.1, 0.15) is 85.8 Å². The van der Waals surface area contributed by atoms with E-state index < -0.39 is 73.0 Å². The van der Waals surface area contributed by atoms with Gasteiger partial charge in [-0.15, -0.1) is 0 Å². The molecule has 14 nitrogen and oxygen atoms in total. The predicted octanol–water partition coefficient (Wildman–Crippen LogP) is 5.23. The van der Waals surface area contributed by atoms with E-state index in [1.165, 1.54) is 54.6 Å². The van der Waals surface area contributed by atoms with Gasteiger partial charge in [0.1, 0.15) is 82.3 Å². The first-order chi connectivity index (χ1) is 29.8. The van der Waals surface area contributed by atoms with Crippen LogP contribution in [0.3, 0.4) is 0 Å². The highest BCUT2D eigenvalue weighted by atomic mass is 16.7. The first-order valence-corrected chi connectivity index (χ1v) is 20.1. The molecule has 14 heteroatoms. The molecule has 0 bridgehead atoms. The molecule has 10 rings (SSSR count). The molecule has 2 heterocycles. The lowest BCUT2D eigenvalue weighted by Gasteiger charge is -2.40. The fourth-order valence-corrected chi connectivity index (χ4v) is 10.4. The summed E-state index contributed by atoms with van der Waals surface area (Å²) < 4.78 is 19.0. The van der Waals surface area contributed by atoms with E-state index in [0.717, 1.165) is 0 Å². The van der Waals surface area contributed by atoms with Gasteiger partial charge < -0.3 is 70.4 Å². The molecule has 0 amide bonds. The van der Waals surface area contributed by atoms with Gasteiger partial charge in [0.25, 0.3) is 0 Å². The largest absolute Gasteiger partial charge is 0.508 e. The van der Waals surface area contributed by atoms with Crippen molar-refractivity contribution in [1.29, 1.82) is 0 Å². The summed E-state index contributed by atoms with van der Waals surface area (Å²) in [5, 5.41) is 121. The number of ether oxygens (including phenoxy) is 3. The number of aliphatic hydroxyl groups is 4. The van der Waals surface area contributed by atoms with Crippen molar-refractivity contribution in [3.05, 3.63) is 159 Å². The van der Waals surface area contributed by atoms with E-state index in [9.17, 15) is 56.2 Å². The molecule has 6 aromatic rings. The molecule has 1 saturated heterocycles. The van der Waals surface area contributed by atoms with E-state index in [4.69, 9.17) is 14.2 Å². The maximum absolute atomic E-state index is 12.3. The zero-order chi connectivity index (χ0) is 43.3. The van der Waals surface area contributed by atoms with Gasteiger partial charge in [0, 0.05) is 58.6 Å². The third-order valence-corrected chi connectivity index (χ3v) is 13.0. The number of fused-ring (bicyclic) bond motifs is 6. The van der Waals surface area contributed by atoms with E-state index in [1.807, 2.05) is 0 Å². The van der Waals surface area contributed by atoms with Gasteiger partial charge in [-0.05, 0) is 88.0 Å². The number of rotatable bonds is 6. The average Bonchev–Trinajstić information content (AvgIpc) is 3.78. The third kappa shape index (κ3) is 6.21. The SMILES string of the molecule is OC[C@H]1O[C@@H](Oc2cc(O)cc3c2[C@@H](c2ccc(O)cc2)[C@H]2c4cc(O)cc5c4[C@H](c4cc(O)cc(O)c4C(c4ccc(O)cc4)[C@@H]32)C(c2ccc(O)cc2)O5)[C@H](O)[C@@H](O)[C@@H]1O. The van der Waals surface area contributed by atoms with Crippen molar-refractivity contribution >= 4 is 0 Å². The van der Waals surface area contributed by atoms with Crippen LogP contribution in [0.25, 0.3) is 0 Å². The molecule has 11 N–H and O–H groups in total. The van der Waals surface area contributed by atoms with Gasteiger partial charge >= 0.3 is 0 Å². The molecule has 62 heavy (non-hydrogen) atoms. The zero-order valence-electron chi connectivity index (χ0n) is 32.6. The predicted molar refractivity (Wildman–Crippen MR) is 219 cm³/mol. The molecule has 0 aromatic heterocycles. The van der Waals surface area contributed by atoms with Crippen molar-refractivity contribution in [2.45, 2.75) is 66.4 Å². The minimum absolute atomic E-state index is 0.000303. The van der Waals surface area contributed by atoms with Gasteiger partial charge in [-0.1, -0.05) is 36.4 Å². The molecule has 0 spiro atoms. The number of benzene rings is 6. The molecule has 2 aliphatic heterocycles. The summed E-state index contributed by atoms with van der Waals surface area (Å²) in [5.74, 6) is -4.49. The molecular formula is C48H42O14. The maximum Gasteiger partial charge on any atom is 0.229 e. The van der Waals surface area contributed by atoms with Crippen molar-refractivity contribution in [2.75, 3.05) is 6.61 Å². The van der Waals surface area contributed by atoms with Gasteiger partial charge in [-0.2, -0.15) is 0 Å². The lowest BCUT2D eigenvalue weighted by molar-refractivity contribution is -0.277. The molecule has 0 saturated carbocycles. The summed E-state index contributed by atoms with van der Waals surface area (Å²) in [6.07, 6.45) is -9.03. The van der Waals surface area contributed by atoms with Crippen molar-refractivity contribution < 1.29 is 70.4 Å². The Morgan fingerprint density at radius 2 is 0.968 bits per heavy atom. The van der Waals surface area contributed by atoms with Crippen LogP contribution in [0.4, 0.5) is 0 Å². The monoisotopic (exact) mass is 842 g/mol. The van der Waals surface area contributed by atoms with Gasteiger partial charge in [0.2, 0.25) is 6.29 Å². The first kappa shape index (κ1) is 39.5. The number of hydrogen-bond donors (Lipinski definition) is 11. The second-order valence-electron chi connectivity index (χ2n) is 16.5. The van der Waals surface area contributed by atoms with Crippen molar-refractivity contribution in [3.63, 3.8) is 0 Å². The molecule has 11 atom stereocenters. The first-order valence-electron chi connectivity index (χ1n) is 20.1. The minimum atomic E-state index is -1.81. The minimum Gasteiger partial charge on any atom is -0.508 e. The Morgan fingerprint density at radius 3 is 1.55 bits per heavy atom. The highest BCUT2D eigenvalue weighted by Crippen LogP contribution is 2.69. The van der Waals surface area contributed by atoms with Crippen LogP contribution in [0.2, 0.25) is 0 Å². The smallest absolute Gasteiger partial charge is 0.229 e. The number of aromatic hydroxyl groups is 7. The van der Waals surface area contributed by atoms with Crippen molar-refractivity contribution in [3.8, 4) is 51.7 Å². The number of hydrogen-bond acceptors (Lipinski definition) is 14. The Morgan fingerprint density at radius 1 is 0.468 bits per heavy atom. The molecule has 2 aliphatic carbocycles. The van der Waals surface area contributed by atoms with Gasteiger partial charge in [-0.25, -0.2) is 0 Å². The molecule has 0 radical (unpaired) electrons. The Kier molecular flexibility index (Phi) is 9.39. The van der Waals surface area contributed by atoms with Crippen molar-refractivity contribution in [2.24, 2.45) is 0 Å². The summed E-state index contributed by atoms with van der Waals surface area (Å²) in [5.41, 5.74) is 4.96. The van der Waals surface area contributed by atoms with Gasteiger partial charge in [-0.3, -0.25) is 0 Å². The number of aliphatic hydroxyl groups excluding tert-OH is 4. The Labute approximate surface area is 353 Å². The number of phenolic OH excluding ortho intramolecular Hbond substituents is 7. The maximum atomic E-state index is 12.3. The van der Waals surface area contributed by atoms with E-state index in [0.29, 0.717) is 55.8 Å². The zero-order valence-corrected chi connectivity index (χ0v) is 32.6.